The third kappa shape index (κ3) is 5.83. The molecule has 2 aromatic rings. The Morgan fingerprint density at radius 2 is 1.84 bits per heavy atom. The van der Waals surface area contributed by atoms with Crippen molar-refractivity contribution in [3.63, 3.8) is 0 Å². The molecule has 9 heteroatoms. The number of benzene rings is 2. The van der Waals surface area contributed by atoms with Gasteiger partial charge in [-0.25, -0.2) is 8.42 Å². The lowest BCUT2D eigenvalue weighted by Gasteiger charge is -2.42. The topological polar surface area (TPSA) is 101 Å². The minimum atomic E-state index is -3.58. The first-order valence-electron chi connectivity index (χ1n) is 12.9. The van der Waals surface area contributed by atoms with Crippen molar-refractivity contribution < 1.29 is 23.1 Å². The number of nitrogens with one attached hydrogen (secondary N) is 1. The lowest BCUT2D eigenvalue weighted by Crippen LogP contribution is -2.46. The third-order valence-corrected chi connectivity index (χ3v) is 13.6. The quantitative estimate of drug-likeness (QED) is 0.404. The average molecular weight is 560 g/mol. The van der Waals surface area contributed by atoms with Gasteiger partial charge in [0.2, 0.25) is 0 Å². The number of carbonyl (C=O) groups is 2. The van der Waals surface area contributed by atoms with Crippen LogP contribution in [0.5, 0.6) is 0 Å². The van der Waals surface area contributed by atoms with Crippen LogP contribution in [0.2, 0.25) is 25.7 Å². The van der Waals surface area contributed by atoms with Crippen molar-refractivity contribution >= 4 is 52.3 Å². The Morgan fingerprint density at radius 1 is 1.14 bits per heavy atom. The number of sulfone groups is 1. The predicted octanol–water partition coefficient (Wildman–Crippen LogP) is 5.67. The zero-order valence-electron chi connectivity index (χ0n) is 22.0. The summed E-state index contributed by atoms with van der Waals surface area (Å²) in [6.45, 7) is 6.57. The van der Waals surface area contributed by atoms with Crippen molar-refractivity contribution in [2.45, 2.75) is 61.4 Å². The number of hydrogen-bond acceptors (Lipinski definition) is 5. The van der Waals surface area contributed by atoms with Gasteiger partial charge in [-0.05, 0) is 71.5 Å². The molecule has 2 heterocycles. The van der Waals surface area contributed by atoms with Crippen molar-refractivity contribution in [3.05, 3.63) is 59.0 Å². The molecule has 2 N–H and O–H groups in total. The number of aliphatic carboxylic acids is 1. The van der Waals surface area contributed by atoms with Crippen molar-refractivity contribution in [3.8, 4) is 0 Å². The molecule has 2 aliphatic rings. The molecule has 2 aromatic carbocycles. The molecule has 0 aromatic heterocycles. The number of hydrogen-bond donors (Lipinski definition) is 2. The van der Waals surface area contributed by atoms with E-state index in [-0.39, 0.29) is 17.6 Å². The largest absolute Gasteiger partial charge is 0.481 e. The lowest BCUT2D eigenvalue weighted by molar-refractivity contribution is -0.142. The van der Waals surface area contributed by atoms with E-state index in [1.807, 2.05) is 18.2 Å². The van der Waals surface area contributed by atoms with Gasteiger partial charge in [0.15, 0.2) is 9.84 Å². The maximum atomic E-state index is 13.6. The molecule has 1 saturated heterocycles. The fourth-order valence-corrected chi connectivity index (χ4v) is 10.9. The summed E-state index contributed by atoms with van der Waals surface area (Å²) in [5.41, 5.74) is 1.68. The normalized spacial score (nSPS) is 26.2. The highest BCUT2D eigenvalue weighted by atomic mass is 32.2. The second kappa shape index (κ2) is 10.6. The van der Waals surface area contributed by atoms with Gasteiger partial charge < -0.3 is 10.4 Å². The van der Waals surface area contributed by atoms with Crippen molar-refractivity contribution in [2.75, 3.05) is 12.8 Å². The van der Waals surface area contributed by atoms with E-state index in [0.29, 0.717) is 24.8 Å². The molecule has 200 valence electrons. The minimum absolute atomic E-state index is 0.0106. The van der Waals surface area contributed by atoms with Crippen molar-refractivity contribution in [1.29, 1.82) is 0 Å². The molecule has 1 fully saturated rings. The number of rotatable bonds is 8. The van der Waals surface area contributed by atoms with Gasteiger partial charge in [-0.1, -0.05) is 50.0 Å². The number of carboxylic acid groups (broad SMARTS) is 1. The molecule has 6 nitrogen and oxygen atoms in total. The fraction of sp³-hybridized carbons (Fsp3) is 0.500. The lowest BCUT2D eigenvalue weighted by atomic mass is 9.79. The van der Waals surface area contributed by atoms with Crippen LogP contribution in [-0.2, 0) is 19.4 Å². The van der Waals surface area contributed by atoms with E-state index in [1.165, 1.54) is 0 Å². The highest BCUT2D eigenvalue weighted by Gasteiger charge is 2.50. The van der Waals surface area contributed by atoms with Gasteiger partial charge >= 0.3 is 5.97 Å². The number of allylic oxidation sites excluding steroid dienone is 1. The Labute approximate surface area is 225 Å². The van der Waals surface area contributed by atoms with E-state index in [4.69, 9.17) is 0 Å². The molecule has 0 spiro atoms. The standard InChI is InChI=1S/C28H37NO5S2Si/c1-29-26(30)21-7-6-20-17-22(9-8-19(20)16-21)28(13-5-14-35-28)23-10-11-25(36(33,34)18-23)24(27(31)32)12-15-37(2,3)4/h5-9,14,16-17,23-25H,10-13,15,18H2,1-4H3,(H,29,30)(H,31,32)/t23?,24?,25-,28?/m0/s1. The second-order valence-corrected chi connectivity index (χ2v) is 20.7. The molecule has 3 unspecified atom stereocenters. The second-order valence-electron chi connectivity index (χ2n) is 11.6. The van der Waals surface area contributed by atoms with Gasteiger partial charge in [0.05, 0.1) is 21.7 Å². The van der Waals surface area contributed by atoms with E-state index in [0.717, 1.165) is 28.8 Å². The van der Waals surface area contributed by atoms with E-state index in [9.17, 15) is 23.1 Å². The number of carboxylic acids is 1. The summed E-state index contributed by atoms with van der Waals surface area (Å²) in [5.74, 6) is -2.05. The highest BCUT2D eigenvalue weighted by molar-refractivity contribution is 8.03. The Morgan fingerprint density at radius 3 is 2.43 bits per heavy atom. The molecule has 0 aliphatic carbocycles. The van der Waals surface area contributed by atoms with Crippen LogP contribution in [-0.4, -0.2) is 51.5 Å². The van der Waals surface area contributed by atoms with Gasteiger partial charge in [-0.3, -0.25) is 9.59 Å². The van der Waals surface area contributed by atoms with Gasteiger partial charge in [0.1, 0.15) is 0 Å². The fourth-order valence-electron chi connectivity index (χ4n) is 5.83. The molecule has 1 amide bonds. The van der Waals surface area contributed by atoms with Gasteiger partial charge in [0.25, 0.3) is 5.91 Å². The van der Waals surface area contributed by atoms with Crippen molar-refractivity contribution in [2.24, 2.45) is 11.8 Å². The maximum absolute atomic E-state index is 13.6. The van der Waals surface area contributed by atoms with Crippen LogP contribution in [0.3, 0.4) is 0 Å². The molecular formula is C28H37NO5S2Si. The molecule has 4 rings (SSSR count). The Bertz CT molecular complexity index is 1320. The van der Waals surface area contributed by atoms with E-state index in [1.54, 1.807) is 24.9 Å². The zero-order chi connectivity index (χ0) is 27.0. The molecule has 0 saturated carbocycles. The molecule has 2 aliphatic heterocycles. The highest BCUT2D eigenvalue weighted by Crippen LogP contribution is 2.55. The monoisotopic (exact) mass is 559 g/mol. The first-order valence-corrected chi connectivity index (χ1v) is 19.2. The van der Waals surface area contributed by atoms with Crippen LogP contribution in [0.15, 0.2) is 47.9 Å². The van der Waals surface area contributed by atoms with E-state index < -0.39 is 39.8 Å². The van der Waals surface area contributed by atoms with Gasteiger partial charge in [0, 0.05) is 20.7 Å². The minimum Gasteiger partial charge on any atom is -0.481 e. The van der Waals surface area contributed by atoms with Crippen LogP contribution in [0.1, 0.15) is 41.6 Å². The molecule has 4 atom stereocenters. The molecular weight excluding hydrogens is 523 g/mol. The Balaban J connectivity index is 1.62. The maximum Gasteiger partial charge on any atom is 0.307 e. The predicted molar refractivity (Wildman–Crippen MR) is 155 cm³/mol. The van der Waals surface area contributed by atoms with Crippen LogP contribution in [0.4, 0.5) is 0 Å². The Hall–Kier alpha value is -2.10. The summed E-state index contributed by atoms with van der Waals surface area (Å²) < 4.78 is 26.8. The van der Waals surface area contributed by atoms with Gasteiger partial charge in [-0.15, -0.1) is 11.8 Å². The summed E-state index contributed by atoms with van der Waals surface area (Å²) in [6.07, 6.45) is 4.35. The van der Waals surface area contributed by atoms with Gasteiger partial charge in [-0.2, -0.15) is 0 Å². The first-order chi connectivity index (χ1) is 17.4. The summed E-state index contributed by atoms with van der Waals surface area (Å²) in [5, 5.41) is 15.8. The van der Waals surface area contributed by atoms with Crippen LogP contribution in [0.25, 0.3) is 10.8 Å². The van der Waals surface area contributed by atoms with Crippen LogP contribution >= 0.6 is 11.8 Å². The average Bonchev–Trinajstić information content (AvgIpc) is 3.34. The van der Waals surface area contributed by atoms with Crippen LogP contribution < -0.4 is 5.32 Å². The summed E-state index contributed by atoms with van der Waals surface area (Å²) in [4.78, 5) is 24.2. The van der Waals surface area contributed by atoms with E-state index >= 15 is 0 Å². The number of thioether (sulfide) groups is 1. The SMILES string of the molecule is CNC(=O)c1ccc2cc(C3(C4CC[C@@H](C(CC[Si](C)(C)C)C(=O)O)S(=O)(=O)C4)CC=CS3)ccc2c1. The summed E-state index contributed by atoms with van der Waals surface area (Å²) >= 11 is 1.68. The molecule has 37 heavy (non-hydrogen) atoms. The number of carbonyl (C=O) groups excluding carboxylic acids is 1. The number of fused-ring (bicyclic) bond motifs is 1. The summed E-state index contributed by atoms with van der Waals surface area (Å²) in [7, 11) is -3.46. The third-order valence-electron chi connectivity index (χ3n) is 7.94. The van der Waals surface area contributed by atoms with E-state index in [2.05, 4.69) is 48.6 Å². The Kier molecular flexibility index (Phi) is 7.98. The zero-order valence-corrected chi connectivity index (χ0v) is 24.6. The molecule has 0 bridgehead atoms. The number of amides is 1. The summed E-state index contributed by atoms with van der Waals surface area (Å²) in [6, 6.07) is 12.6. The van der Waals surface area contributed by atoms with Crippen molar-refractivity contribution in [1.82, 2.24) is 5.32 Å². The smallest absolute Gasteiger partial charge is 0.307 e. The molecule has 0 radical (unpaired) electrons. The first kappa shape index (κ1) is 27.9. The van der Waals surface area contributed by atoms with Crippen LogP contribution in [0, 0.1) is 11.8 Å².